The van der Waals surface area contributed by atoms with E-state index in [1.165, 1.54) is 0 Å². The smallest absolute Gasteiger partial charge is 0.137 e. The minimum absolute atomic E-state index is 0.653. The second-order valence-corrected chi connectivity index (χ2v) is 5.69. The first-order valence-corrected chi connectivity index (χ1v) is 7.32. The third kappa shape index (κ3) is 3.28. The van der Waals surface area contributed by atoms with Gasteiger partial charge < -0.3 is 10.3 Å². The second kappa shape index (κ2) is 6.06. The summed E-state index contributed by atoms with van der Waals surface area (Å²) in [5, 5.41) is 4.54. The Labute approximate surface area is 124 Å². The lowest BCUT2D eigenvalue weighted by molar-refractivity contribution is 0.549. The summed E-state index contributed by atoms with van der Waals surface area (Å²) in [7, 11) is 0. The van der Waals surface area contributed by atoms with Crippen molar-refractivity contribution in [3.63, 3.8) is 0 Å². The molecule has 21 heavy (non-hydrogen) atoms. The van der Waals surface area contributed by atoms with Gasteiger partial charge in [-0.25, -0.2) is 4.98 Å². The Hall–Kier alpha value is -2.20. The molecule has 0 amide bonds. The molecule has 0 spiro atoms. The van der Waals surface area contributed by atoms with Gasteiger partial charge in [0, 0.05) is 35.6 Å². The maximum absolute atomic E-state index is 4.48. The quantitative estimate of drug-likeness (QED) is 0.753. The molecular weight excluding hydrogens is 260 g/mol. The van der Waals surface area contributed by atoms with Gasteiger partial charge in [-0.3, -0.25) is 4.98 Å². The molecule has 2 heterocycles. The Bertz CT molecular complexity index is 730. The summed E-state index contributed by atoms with van der Waals surface area (Å²) in [5.74, 6) is 1.56. The van der Waals surface area contributed by atoms with Crippen LogP contribution in [-0.4, -0.2) is 21.5 Å². The van der Waals surface area contributed by atoms with E-state index in [9.17, 15) is 0 Å². The van der Waals surface area contributed by atoms with Crippen molar-refractivity contribution in [3.05, 3.63) is 48.4 Å². The van der Waals surface area contributed by atoms with Crippen molar-refractivity contribution in [2.75, 3.05) is 6.54 Å². The number of rotatable bonds is 5. The fourth-order valence-electron chi connectivity index (χ4n) is 2.31. The number of aromatic nitrogens is 3. The zero-order valence-electron chi connectivity index (χ0n) is 12.4. The van der Waals surface area contributed by atoms with E-state index >= 15 is 0 Å². The maximum Gasteiger partial charge on any atom is 0.137 e. The summed E-state index contributed by atoms with van der Waals surface area (Å²) < 4.78 is 0. The minimum Gasteiger partial charge on any atom is -0.341 e. The van der Waals surface area contributed by atoms with Gasteiger partial charge in [0.05, 0.1) is 5.52 Å². The van der Waals surface area contributed by atoms with Crippen LogP contribution in [0.4, 0.5) is 0 Å². The molecule has 0 aliphatic heterocycles. The van der Waals surface area contributed by atoms with Gasteiger partial charge in [-0.2, -0.15) is 0 Å². The SMILES string of the molecule is CC(C)CNCc1cnc(-c2ccc3ncccc3c2)[nH]1. The normalized spacial score (nSPS) is 11.4. The molecule has 0 aliphatic carbocycles. The van der Waals surface area contributed by atoms with Crippen molar-refractivity contribution in [3.8, 4) is 11.4 Å². The first kappa shape index (κ1) is 13.8. The number of H-pyrrole nitrogens is 1. The van der Waals surface area contributed by atoms with Gasteiger partial charge in [0.25, 0.3) is 0 Å². The Balaban J connectivity index is 1.77. The van der Waals surface area contributed by atoms with Crippen LogP contribution in [0.5, 0.6) is 0 Å². The Kier molecular flexibility index (Phi) is 3.97. The van der Waals surface area contributed by atoms with Gasteiger partial charge in [-0.1, -0.05) is 19.9 Å². The number of nitrogens with one attached hydrogen (secondary N) is 2. The van der Waals surface area contributed by atoms with Gasteiger partial charge in [0.15, 0.2) is 0 Å². The van der Waals surface area contributed by atoms with E-state index in [1.54, 1.807) is 0 Å². The number of aromatic amines is 1. The van der Waals surface area contributed by atoms with Crippen molar-refractivity contribution in [1.29, 1.82) is 0 Å². The van der Waals surface area contributed by atoms with Gasteiger partial charge in [0.1, 0.15) is 5.82 Å². The van der Waals surface area contributed by atoms with E-state index in [2.05, 4.69) is 52.3 Å². The zero-order valence-corrected chi connectivity index (χ0v) is 12.4. The van der Waals surface area contributed by atoms with Crippen LogP contribution in [0.15, 0.2) is 42.7 Å². The first-order chi connectivity index (χ1) is 10.2. The number of imidazole rings is 1. The van der Waals surface area contributed by atoms with Crippen LogP contribution >= 0.6 is 0 Å². The lowest BCUT2D eigenvalue weighted by atomic mass is 10.1. The van der Waals surface area contributed by atoms with Crippen molar-refractivity contribution in [2.24, 2.45) is 5.92 Å². The van der Waals surface area contributed by atoms with Crippen molar-refractivity contribution < 1.29 is 0 Å². The maximum atomic E-state index is 4.48. The van der Waals surface area contributed by atoms with Crippen molar-refractivity contribution >= 4 is 10.9 Å². The molecule has 0 aliphatic rings. The van der Waals surface area contributed by atoms with Crippen LogP contribution < -0.4 is 5.32 Å². The van der Waals surface area contributed by atoms with Crippen molar-refractivity contribution in [2.45, 2.75) is 20.4 Å². The number of nitrogens with zero attached hydrogens (tertiary/aromatic N) is 2. The van der Waals surface area contributed by atoms with E-state index < -0.39 is 0 Å². The van der Waals surface area contributed by atoms with E-state index in [1.807, 2.05) is 24.5 Å². The monoisotopic (exact) mass is 280 g/mol. The molecule has 0 radical (unpaired) electrons. The fourth-order valence-corrected chi connectivity index (χ4v) is 2.31. The molecular formula is C17H20N4. The largest absolute Gasteiger partial charge is 0.341 e. The highest BCUT2D eigenvalue weighted by Gasteiger charge is 2.05. The first-order valence-electron chi connectivity index (χ1n) is 7.32. The van der Waals surface area contributed by atoms with Crippen LogP contribution in [0.25, 0.3) is 22.3 Å². The topological polar surface area (TPSA) is 53.6 Å². The van der Waals surface area contributed by atoms with E-state index in [0.717, 1.165) is 41.1 Å². The molecule has 0 fully saturated rings. The molecule has 3 rings (SSSR count). The third-order valence-corrected chi connectivity index (χ3v) is 3.37. The lowest BCUT2D eigenvalue weighted by Crippen LogP contribution is -2.19. The van der Waals surface area contributed by atoms with Crippen LogP contribution in [0, 0.1) is 5.92 Å². The summed E-state index contributed by atoms with van der Waals surface area (Å²) >= 11 is 0. The highest BCUT2D eigenvalue weighted by Crippen LogP contribution is 2.21. The molecule has 0 bridgehead atoms. The predicted octanol–water partition coefficient (Wildman–Crippen LogP) is 3.37. The molecule has 0 unspecified atom stereocenters. The Morgan fingerprint density at radius 2 is 2.10 bits per heavy atom. The molecule has 0 atom stereocenters. The van der Waals surface area contributed by atoms with Gasteiger partial charge in [0.2, 0.25) is 0 Å². The highest BCUT2D eigenvalue weighted by atomic mass is 15.0. The third-order valence-electron chi connectivity index (χ3n) is 3.37. The lowest BCUT2D eigenvalue weighted by Gasteiger charge is -2.05. The molecule has 0 saturated carbocycles. The zero-order chi connectivity index (χ0) is 14.7. The molecule has 4 nitrogen and oxygen atoms in total. The second-order valence-electron chi connectivity index (χ2n) is 5.69. The number of fused-ring (bicyclic) bond motifs is 1. The number of pyridine rings is 1. The number of hydrogen-bond donors (Lipinski definition) is 2. The molecule has 2 aromatic heterocycles. The summed E-state index contributed by atoms with van der Waals surface area (Å²) in [4.78, 5) is 12.2. The summed E-state index contributed by atoms with van der Waals surface area (Å²) in [6.45, 7) is 6.24. The van der Waals surface area contributed by atoms with Crippen molar-refractivity contribution in [1.82, 2.24) is 20.3 Å². The molecule has 1 aromatic carbocycles. The van der Waals surface area contributed by atoms with Crippen LogP contribution in [0.3, 0.4) is 0 Å². The number of benzene rings is 1. The molecule has 2 N–H and O–H groups in total. The summed E-state index contributed by atoms with van der Waals surface area (Å²) in [5.41, 5.74) is 3.20. The standard InChI is InChI=1S/C17H20N4/c1-12(2)9-18-10-15-11-20-17(21-15)14-5-6-16-13(8-14)4-3-7-19-16/h3-8,11-12,18H,9-10H2,1-2H3,(H,20,21). The van der Waals surface area contributed by atoms with E-state index in [0.29, 0.717) is 5.92 Å². The van der Waals surface area contributed by atoms with Crippen LogP contribution in [0.2, 0.25) is 0 Å². The van der Waals surface area contributed by atoms with E-state index in [-0.39, 0.29) is 0 Å². The molecule has 108 valence electrons. The van der Waals surface area contributed by atoms with E-state index in [4.69, 9.17) is 0 Å². The average molecular weight is 280 g/mol. The Morgan fingerprint density at radius 3 is 2.95 bits per heavy atom. The average Bonchev–Trinajstić information content (AvgIpc) is 2.95. The van der Waals surface area contributed by atoms with Gasteiger partial charge >= 0.3 is 0 Å². The summed E-state index contributed by atoms with van der Waals surface area (Å²) in [6, 6.07) is 10.2. The van der Waals surface area contributed by atoms with Gasteiger partial charge in [-0.05, 0) is 36.7 Å². The predicted molar refractivity (Wildman–Crippen MR) is 85.9 cm³/mol. The minimum atomic E-state index is 0.653. The van der Waals surface area contributed by atoms with Crippen LogP contribution in [0.1, 0.15) is 19.5 Å². The van der Waals surface area contributed by atoms with Gasteiger partial charge in [-0.15, -0.1) is 0 Å². The highest BCUT2D eigenvalue weighted by molar-refractivity contribution is 5.83. The molecule has 4 heteroatoms. The molecule has 0 saturated heterocycles. The Morgan fingerprint density at radius 1 is 1.19 bits per heavy atom. The number of hydrogen-bond acceptors (Lipinski definition) is 3. The fraction of sp³-hybridized carbons (Fsp3) is 0.294. The summed E-state index contributed by atoms with van der Waals surface area (Å²) in [6.07, 6.45) is 3.71. The molecule has 3 aromatic rings. The van der Waals surface area contributed by atoms with Crippen LogP contribution in [-0.2, 0) is 6.54 Å².